The fraction of sp³-hybridized carbons (Fsp3) is 0.250. The van der Waals surface area contributed by atoms with Crippen molar-refractivity contribution in [1.29, 1.82) is 0 Å². The average molecular weight is 379 g/mol. The molecule has 130 valence electrons. The van der Waals surface area contributed by atoms with Gasteiger partial charge in [-0.15, -0.1) is 0 Å². The first kappa shape index (κ1) is 17.5. The molecular formula is C16H16ClFN6S. The van der Waals surface area contributed by atoms with E-state index in [0.29, 0.717) is 28.5 Å². The number of hydrogen-bond acceptors (Lipinski definition) is 4. The van der Waals surface area contributed by atoms with Crippen molar-refractivity contribution in [3.05, 3.63) is 62.7 Å². The third-order valence-corrected chi connectivity index (χ3v) is 4.35. The third-order valence-electron chi connectivity index (χ3n) is 3.69. The maximum Gasteiger partial charge on any atom is 0.216 e. The summed E-state index contributed by atoms with van der Waals surface area (Å²) in [6, 6.07) is 6.23. The Labute approximate surface area is 153 Å². The highest BCUT2D eigenvalue weighted by molar-refractivity contribution is 7.71. The van der Waals surface area contributed by atoms with Gasteiger partial charge < -0.3 is 0 Å². The molecule has 6 nitrogen and oxygen atoms in total. The van der Waals surface area contributed by atoms with Crippen molar-refractivity contribution in [2.24, 2.45) is 5.10 Å². The number of aromatic amines is 1. The highest BCUT2D eigenvalue weighted by Crippen LogP contribution is 2.19. The number of nitrogens with zero attached hydrogens (tertiary/aromatic N) is 5. The highest BCUT2D eigenvalue weighted by atomic mass is 35.5. The molecule has 0 aliphatic heterocycles. The number of benzene rings is 1. The molecule has 0 saturated carbocycles. The second-order valence-electron chi connectivity index (χ2n) is 5.43. The topological polar surface area (TPSA) is 63.8 Å². The molecule has 0 amide bonds. The zero-order chi connectivity index (χ0) is 18.0. The second kappa shape index (κ2) is 7.28. The fourth-order valence-electron chi connectivity index (χ4n) is 2.37. The predicted octanol–water partition coefficient (Wildman–Crippen LogP) is 3.73. The van der Waals surface area contributed by atoms with Gasteiger partial charge in [0.05, 0.1) is 24.0 Å². The Morgan fingerprint density at radius 2 is 2.08 bits per heavy atom. The van der Waals surface area contributed by atoms with Crippen LogP contribution in [0.4, 0.5) is 4.39 Å². The molecule has 2 aromatic heterocycles. The first-order chi connectivity index (χ1) is 12.0. The van der Waals surface area contributed by atoms with Crippen LogP contribution in [0.1, 0.15) is 29.6 Å². The molecular weight excluding hydrogens is 363 g/mol. The van der Waals surface area contributed by atoms with Crippen LogP contribution in [0.5, 0.6) is 0 Å². The zero-order valence-electron chi connectivity index (χ0n) is 13.7. The van der Waals surface area contributed by atoms with Gasteiger partial charge in [0.15, 0.2) is 5.82 Å². The van der Waals surface area contributed by atoms with Gasteiger partial charge >= 0.3 is 0 Å². The molecule has 0 aliphatic carbocycles. The Morgan fingerprint density at radius 1 is 1.36 bits per heavy atom. The lowest BCUT2D eigenvalue weighted by Crippen LogP contribution is -2.02. The molecule has 0 saturated heterocycles. The molecule has 9 heteroatoms. The van der Waals surface area contributed by atoms with E-state index in [0.717, 1.165) is 17.1 Å². The Balaban J connectivity index is 1.89. The zero-order valence-corrected chi connectivity index (χ0v) is 15.3. The van der Waals surface area contributed by atoms with E-state index in [1.54, 1.807) is 27.7 Å². The highest BCUT2D eigenvalue weighted by Gasteiger charge is 2.12. The lowest BCUT2D eigenvalue weighted by Gasteiger charge is -2.03. The number of hydrogen-bond donors (Lipinski definition) is 1. The van der Waals surface area contributed by atoms with Crippen molar-refractivity contribution in [2.45, 2.75) is 26.8 Å². The summed E-state index contributed by atoms with van der Waals surface area (Å²) < 4.78 is 16.6. The van der Waals surface area contributed by atoms with Crippen molar-refractivity contribution in [1.82, 2.24) is 24.7 Å². The van der Waals surface area contributed by atoms with E-state index in [4.69, 9.17) is 23.8 Å². The van der Waals surface area contributed by atoms with Crippen molar-refractivity contribution in [3.63, 3.8) is 0 Å². The number of rotatable bonds is 5. The Hall–Kier alpha value is -2.32. The lowest BCUT2D eigenvalue weighted by molar-refractivity contribution is 0.624. The Kier molecular flexibility index (Phi) is 5.10. The van der Waals surface area contributed by atoms with Crippen LogP contribution >= 0.6 is 23.8 Å². The molecule has 0 fully saturated rings. The molecule has 3 aromatic rings. The number of aromatic nitrogens is 5. The van der Waals surface area contributed by atoms with Crippen molar-refractivity contribution in [3.8, 4) is 0 Å². The van der Waals surface area contributed by atoms with Gasteiger partial charge in [-0.25, -0.2) is 9.07 Å². The second-order valence-corrected chi connectivity index (χ2v) is 6.17. The van der Waals surface area contributed by atoms with Crippen molar-refractivity contribution in [2.75, 3.05) is 0 Å². The predicted molar refractivity (Wildman–Crippen MR) is 97.3 cm³/mol. The summed E-state index contributed by atoms with van der Waals surface area (Å²) in [6.45, 7) is 4.26. The van der Waals surface area contributed by atoms with Crippen LogP contribution in [-0.4, -0.2) is 30.9 Å². The SMILES string of the molecule is CCc1n[nH]c(=S)n1/N=C\c1c(C)nn(Cc2ccc(F)cc2)c1Cl. The summed E-state index contributed by atoms with van der Waals surface area (Å²) in [5.74, 6) is 0.455. The molecule has 0 spiro atoms. The first-order valence-electron chi connectivity index (χ1n) is 7.67. The fourth-order valence-corrected chi connectivity index (χ4v) is 2.85. The van der Waals surface area contributed by atoms with E-state index in [1.165, 1.54) is 12.1 Å². The lowest BCUT2D eigenvalue weighted by atomic mass is 10.2. The van der Waals surface area contributed by atoms with Gasteiger partial charge in [-0.05, 0) is 36.8 Å². The van der Waals surface area contributed by atoms with Gasteiger partial charge in [0, 0.05) is 6.42 Å². The molecule has 3 rings (SSSR count). The maximum atomic E-state index is 13.0. The minimum Gasteiger partial charge on any atom is -0.250 e. The first-order valence-corrected chi connectivity index (χ1v) is 8.46. The minimum atomic E-state index is -0.275. The van der Waals surface area contributed by atoms with E-state index < -0.39 is 0 Å². The molecule has 2 heterocycles. The smallest absolute Gasteiger partial charge is 0.216 e. The van der Waals surface area contributed by atoms with E-state index in [1.807, 2.05) is 13.8 Å². The molecule has 0 atom stereocenters. The third kappa shape index (κ3) is 3.69. The van der Waals surface area contributed by atoms with Crippen LogP contribution in [0.15, 0.2) is 29.4 Å². The normalized spacial score (nSPS) is 11.5. The van der Waals surface area contributed by atoms with E-state index in [2.05, 4.69) is 20.4 Å². The molecule has 1 aromatic carbocycles. The molecule has 1 N–H and O–H groups in total. The van der Waals surface area contributed by atoms with Gasteiger partial charge in [0.1, 0.15) is 11.0 Å². The van der Waals surface area contributed by atoms with Crippen LogP contribution in [0, 0.1) is 17.5 Å². The summed E-state index contributed by atoms with van der Waals surface area (Å²) in [5.41, 5.74) is 2.34. The number of aryl methyl sites for hydroxylation is 2. The minimum absolute atomic E-state index is 0.275. The van der Waals surface area contributed by atoms with Crippen LogP contribution in [0.25, 0.3) is 0 Å². The summed E-state index contributed by atoms with van der Waals surface area (Å²) in [5, 5.41) is 16.1. The molecule has 0 aliphatic rings. The summed E-state index contributed by atoms with van der Waals surface area (Å²) in [7, 11) is 0. The molecule has 25 heavy (non-hydrogen) atoms. The number of halogens is 2. The quantitative estimate of drug-likeness (QED) is 0.543. The Morgan fingerprint density at radius 3 is 2.76 bits per heavy atom. The van der Waals surface area contributed by atoms with Gasteiger partial charge in [0.2, 0.25) is 4.77 Å². The largest absolute Gasteiger partial charge is 0.250 e. The summed E-state index contributed by atoms with van der Waals surface area (Å²) >= 11 is 11.6. The van der Waals surface area contributed by atoms with Crippen LogP contribution in [0.2, 0.25) is 5.15 Å². The number of H-pyrrole nitrogens is 1. The van der Waals surface area contributed by atoms with E-state index in [9.17, 15) is 4.39 Å². The van der Waals surface area contributed by atoms with Crippen LogP contribution < -0.4 is 0 Å². The van der Waals surface area contributed by atoms with E-state index >= 15 is 0 Å². The van der Waals surface area contributed by atoms with Crippen LogP contribution in [-0.2, 0) is 13.0 Å². The average Bonchev–Trinajstić information content (AvgIpc) is 3.08. The molecule has 0 radical (unpaired) electrons. The van der Waals surface area contributed by atoms with Crippen molar-refractivity contribution >= 4 is 30.0 Å². The van der Waals surface area contributed by atoms with E-state index in [-0.39, 0.29) is 5.82 Å². The molecule has 0 unspecified atom stereocenters. The number of nitrogens with one attached hydrogen (secondary N) is 1. The molecule has 0 bridgehead atoms. The summed E-state index contributed by atoms with van der Waals surface area (Å²) in [4.78, 5) is 0. The Bertz CT molecular complexity index is 970. The summed E-state index contributed by atoms with van der Waals surface area (Å²) in [6.07, 6.45) is 2.32. The monoisotopic (exact) mass is 378 g/mol. The van der Waals surface area contributed by atoms with Gasteiger partial charge in [-0.3, -0.25) is 5.10 Å². The van der Waals surface area contributed by atoms with Gasteiger partial charge in [0.25, 0.3) is 0 Å². The maximum absolute atomic E-state index is 13.0. The standard InChI is InChI=1S/C16H16ClFN6S/c1-3-14-20-21-16(25)24(14)19-8-13-10(2)22-23(15(13)17)9-11-4-6-12(18)7-5-11/h4-8H,3,9H2,1-2H3,(H,21,25)/b19-8-. The van der Waals surface area contributed by atoms with Crippen molar-refractivity contribution < 1.29 is 4.39 Å². The van der Waals surface area contributed by atoms with Crippen LogP contribution in [0.3, 0.4) is 0 Å². The van der Waals surface area contributed by atoms with Gasteiger partial charge in [-0.1, -0.05) is 30.7 Å². The van der Waals surface area contributed by atoms with Gasteiger partial charge in [-0.2, -0.15) is 20.0 Å².